The standard InChI is InChI=1S/C18H19N3O4/c1-4-12-15(10-6-7-13-11(8-10)9-19-21(13)3)20-17(23)14(16(12)22)18(24)25-5-2/h6-9H,4-5H2,1-3H3,(H2,20,22,23). The number of aromatic hydroxyl groups is 1. The number of carbonyl (C=O) groups is 1. The highest BCUT2D eigenvalue weighted by atomic mass is 16.5. The molecule has 25 heavy (non-hydrogen) atoms. The zero-order chi connectivity index (χ0) is 18.1. The van der Waals surface area contributed by atoms with E-state index < -0.39 is 11.5 Å². The molecule has 0 amide bonds. The summed E-state index contributed by atoms with van der Waals surface area (Å²) in [6, 6.07) is 5.62. The zero-order valence-electron chi connectivity index (χ0n) is 14.3. The second-order valence-corrected chi connectivity index (χ2v) is 5.65. The number of aromatic nitrogens is 3. The van der Waals surface area contributed by atoms with Gasteiger partial charge in [-0.15, -0.1) is 0 Å². The first-order chi connectivity index (χ1) is 12.0. The van der Waals surface area contributed by atoms with Gasteiger partial charge < -0.3 is 14.8 Å². The topological polar surface area (TPSA) is 97.2 Å². The Bertz CT molecular complexity index is 1020. The molecule has 3 aromatic rings. The molecule has 0 saturated carbocycles. The van der Waals surface area contributed by atoms with Gasteiger partial charge in [-0.05, 0) is 31.0 Å². The van der Waals surface area contributed by atoms with Gasteiger partial charge in [-0.1, -0.05) is 13.0 Å². The number of aryl methyl sites for hydroxylation is 1. The fourth-order valence-corrected chi connectivity index (χ4v) is 2.93. The Kier molecular flexibility index (Phi) is 4.31. The van der Waals surface area contributed by atoms with Crippen LogP contribution in [0.5, 0.6) is 5.75 Å². The lowest BCUT2D eigenvalue weighted by molar-refractivity contribution is 0.0520. The Balaban J connectivity index is 2.21. The van der Waals surface area contributed by atoms with E-state index in [4.69, 9.17) is 4.74 Å². The lowest BCUT2D eigenvalue weighted by atomic mass is 9.99. The summed E-state index contributed by atoms with van der Waals surface area (Å²) in [7, 11) is 1.85. The number of hydrogen-bond acceptors (Lipinski definition) is 5. The van der Waals surface area contributed by atoms with Crippen molar-refractivity contribution in [3.05, 3.63) is 45.9 Å². The molecule has 0 aliphatic rings. The van der Waals surface area contributed by atoms with Gasteiger partial charge in [0, 0.05) is 18.0 Å². The monoisotopic (exact) mass is 341 g/mol. The molecule has 0 unspecified atom stereocenters. The minimum Gasteiger partial charge on any atom is -0.506 e. The van der Waals surface area contributed by atoms with Crippen molar-refractivity contribution >= 4 is 16.9 Å². The van der Waals surface area contributed by atoms with Crippen molar-refractivity contribution in [2.24, 2.45) is 7.05 Å². The van der Waals surface area contributed by atoms with Crippen LogP contribution in [0.25, 0.3) is 22.2 Å². The van der Waals surface area contributed by atoms with Crippen LogP contribution in [0, 0.1) is 0 Å². The van der Waals surface area contributed by atoms with Crippen molar-refractivity contribution in [3.8, 4) is 17.0 Å². The Morgan fingerprint density at radius 1 is 1.36 bits per heavy atom. The number of nitrogens with zero attached hydrogens (tertiary/aromatic N) is 2. The molecule has 0 aliphatic heterocycles. The van der Waals surface area contributed by atoms with E-state index in [1.54, 1.807) is 17.8 Å². The van der Waals surface area contributed by atoms with E-state index in [1.165, 1.54) is 0 Å². The first kappa shape index (κ1) is 16.8. The molecule has 2 heterocycles. The third kappa shape index (κ3) is 2.77. The van der Waals surface area contributed by atoms with Crippen molar-refractivity contribution in [2.75, 3.05) is 6.61 Å². The number of aromatic amines is 1. The van der Waals surface area contributed by atoms with Gasteiger partial charge >= 0.3 is 5.97 Å². The van der Waals surface area contributed by atoms with Gasteiger partial charge in [0.05, 0.1) is 24.0 Å². The summed E-state index contributed by atoms with van der Waals surface area (Å²) < 4.78 is 6.62. The Labute approximate surface area is 143 Å². The molecule has 2 N–H and O–H groups in total. The van der Waals surface area contributed by atoms with Gasteiger partial charge in [-0.3, -0.25) is 9.48 Å². The van der Waals surface area contributed by atoms with Crippen LogP contribution in [-0.4, -0.2) is 32.4 Å². The number of H-pyrrole nitrogens is 1. The number of fused-ring (bicyclic) bond motifs is 1. The fraction of sp³-hybridized carbons (Fsp3) is 0.278. The molecule has 7 nitrogen and oxygen atoms in total. The van der Waals surface area contributed by atoms with E-state index in [0.29, 0.717) is 17.7 Å². The third-order valence-corrected chi connectivity index (χ3v) is 4.16. The first-order valence-corrected chi connectivity index (χ1v) is 8.05. The Morgan fingerprint density at radius 2 is 2.12 bits per heavy atom. The number of pyridine rings is 1. The number of nitrogens with one attached hydrogen (secondary N) is 1. The van der Waals surface area contributed by atoms with Gasteiger partial charge in [-0.2, -0.15) is 5.10 Å². The highest BCUT2D eigenvalue weighted by Crippen LogP contribution is 2.31. The lowest BCUT2D eigenvalue weighted by Gasteiger charge is -2.13. The van der Waals surface area contributed by atoms with Gasteiger partial charge in [0.25, 0.3) is 5.56 Å². The number of hydrogen-bond donors (Lipinski definition) is 2. The quantitative estimate of drug-likeness (QED) is 0.710. The van der Waals surface area contributed by atoms with Crippen LogP contribution in [0.3, 0.4) is 0 Å². The Hall–Kier alpha value is -3.09. The van der Waals surface area contributed by atoms with Crippen LogP contribution < -0.4 is 5.56 Å². The molecule has 0 fully saturated rings. The molecule has 0 radical (unpaired) electrons. The number of esters is 1. The molecule has 7 heteroatoms. The van der Waals surface area contributed by atoms with Crippen LogP contribution in [0.1, 0.15) is 29.8 Å². The van der Waals surface area contributed by atoms with E-state index in [9.17, 15) is 14.7 Å². The molecule has 130 valence electrons. The number of carbonyl (C=O) groups excluding carboxylic acids is 1. The number of benzene rings is 1. The van der Waals surface area contributed by atoms with Crippen LogP contribution in [-0.2, 0) is 18.2 Å². The predicted molar refractivity (Wildman–Crippen MR) is 93.8 cm³/mol. The third-order valence-electron chi connectivity index (χ3n) is 4.16. The van der Waals surface area contributed by atoms with Crippen molar-refractivity contribution in [2.45, 2.75) is 20.3 Å². The highest BCUT2D eigenvalue weighted by molar-refractivity contribution is 5.94. The summed E-state index contributed by atoms with van der Waals surface area (Å²) in [5, 5.41) is 15.6. The van der Waals surface area contributed by atoms with Crippen LogP contribution >= 0.6 is 0 Å². The minimum absolute atomic E-state index is 0.124. The molecule has 0 aliphatic carbocycles. The summed E-state index contributed by atoms with van der Waals surface area (Å²) in [6.45, 7) is 3.61. The number of ether oxygens (including phenoxy) is 1. The van der Waals surface area contributed by atoms with Crippen LogP contribution in [0.4, 0.5) is 0 Å². The number of rotatable bonds is 4. The molecule has 0 spiro atoms. The predicted octanol–water partition coefficient (Wildman–Crippen LogP) is 2.37. The second-order valence-electron chi connectivity index (χ2n) is 5.65. The second kappa shape index (κ2) is 6.43. The maximum atomic E-state index is 12.4. The van der Waals surface area contributed by atoms with Gasteiger partial charge in [0.15, 0.2) is 5.56 Å². The molecular formula is C18H19N3O4. The van der Waals surface area contributed by atoms with Gasteiger partial charge in [0.1, 0.15) is 5.75 Å². The molecule has 3 rings (SSSR count). The summed E-state index contributed by atoms with van der Waals surface area (Å²) in [5.41, 5.74) is 1.64. The van der Waals surface area contributed by atoms with E-state index >= 15 is 0 Å². The molecule has 0 atom stereocenters. The van der Waals surface area contributed by atoms with Gasteiger partial charge in [0.2, 0.25) is 0 Å². The van der Waals surface area contributed by atoms with Crippen LogP contribution in [0.15, 0.2) is 29.2 Å². The average molecular weight is 341 g/mol. The molecule has 0 saturated heterocycles. The maximum absolute atomic E-state index is 12.4. The maximum Gasteiger partial charge on any atom is 0.347 e. The lowest BCUT2D eigenvalue weighted by Crippen LogP contribution is -2.22. The molecular weight excluding hydrogens is 322 g/mol. The summed E-state index contributed by atoms with van der Waals surface area (Å²) >= 11 is 0. The fourth-order valence-electron chi connectivity index (χ4n) is 2.93. The van der Waals surface area contributed by atoms with E-state index in [2.05, 4.69) is 10.1 Å². The largest absolute Gasteiger partial charge is 0.506 e. The van der Waals surface area contributed by atoms with E-state index in [-0.39, 0.29) is 17.9 Å². The average Bonchev–Trinajstić information content (AvgIpc) is 2.95. The summed E-state index contributed by atoms with van der Waals surface area (Å²) in [4.78, 5) is 27.0. The van der Waals surface area contributed by atoms with Crippen LogP contribution in [0.2, 0.25) is 0 Å². The van der Waals surface area contributed by atoms with Crippen molar-refractivity contribution in [3.63, 3.8) is 0 Å². The molecule has 0 bridgehead atoms. The summed E-state index contributed by atoms with van der Waals surface area (Å²) in [5.74, 6) is -1.16. The zero-order valence-corrected chi connectivity index (χ0v) is 14.3. The Morgan fingerprint density at radius 3 is 2.80 bits per heavy atom. The first-order valence-electron chi connectivity index (χ1n) is 8.05. The normalized spacial score (nSPS) is 11.0. The van der Waals surface area contributed by atoms with Gasteiger partial charge in [-0.25, -0.2) is 4.79 Å². The molecule has 2 aromatic heterocycles. The van der Waals surface area contributed by atoms with E-state index in [0.717, 1.165) is 16.5 Å². The summed E-state index contributed by atoms with van der Waals surface area (Å²) in [6.07, 6.45) is 2.17. The van der Waals surface area contributed by atoms with Crippen molar-refractivity contribution in [1.29, 1.82) is 0 Å². The SMILES string of the molecule is CCOC(=O)c1c(O)c(CC)c(-c2ccc3c(cnn3C)c2)[nH]c1=O. The highest BCUT2D eigenvalue weighted by Gasteiger charge is 2.23. The van der Waals surface area contributed by atoms with Crippen molar-refractivity contribution < 1.29 is 14.6 Å². The minimum atomic E-state index is -0.829. The molecule has 1 aromatic carbocycles. The smallest absolute Gasteiger partial charge is 0.347 e. The van der Waals surface area contributed by atoms with Crippen molar-refractivity contribution in [1.82, 2.24) is 14.8 Å². The van der Waals surface area contributed by atoms with E-state index in [1.807, 2.05) is 32.2 Å².